The van der Waals surface area contributed by atoms with E-state index in [0.29, 0.717) is 22.7 Å². The lowest BCUT2D eigenvalue weighted by Gasteiger charge is -2.17. The van der Waals surface area contributed by atoms with Crippen molar-refractivity contribution in [1.29, 1.82) is 0 Å². The summed E-state index contributed by atoms with van der Waals surface area (Å²) < 4.78 is 9.60. The van der Waals surface area contributed by atoms with Crippen molar-refractivity contribution in [3.8, 4) is 0 Å². The minimum atomic E-state index is -1.15. The number of hydrogen-bond acceptors (Lipinski definition) is 8. The van der Waals surface area contributed by atoms with Gasteiger partial charge in [-0.2, -0.15) is 0 Å². The number of amides is 3. The third-order valence-corrected chi connectivity index (χ3v) is 4.11. The number of aromatic nitrogens is 1. The van der Waals surface area contributed by atoms with E-state index in [-0.39, 0.29) is 18.7 Å². The second-order valence-electron chi connectivity index (χ2n) is 6.36. The number of carbonyl (C=O) groups excluding carboxylic acids is 4. The standard InChI is InChI=1S/C19H23N5O6/c1-10-16(11(2)30-24-10)18(27)23-14(19(28)29-3)8-21-15(25)9-22-17(26)12-5-4-6-13(20)7-12/h4-7,14H,8-9,20H2,1-3H3,(H,21,25)(H,22,26)(H,23,27). The largest absolute Gasteiger partial charge is 0.467 e. The quantitative estimate of drug-likeness (QED) is 0.335. The smallest absolute Gasteiger partial charge is 0.330 e. The van der Waals surface area contributed by atoms with Crippen LogP contribution < -0.4 is 21.7 Å². The molecule has 1 unspecified atom stereocenters. The summed E-state index contributed by atoms with van der Waals surface area (Å²) in [7, 11) is 1.16. The molecular formula is C19H23N5O6. The molecule has 2 rings (SSSR count). The highest BCUT2D eigenvalue weighted by molar-refractivity contribution is 5.99. The molecule has 0 fully saturated rings. The number of nitrogens with one attached hydrogen (secondary N) is 3. The van der Waals surface area contributed by atoms with E-state index in [2.05, 4.69) is 25.8 Å². The van der Waals surface area contributed by atoms with Crippen molar-refractivity contribution in [2.45, 2.75) is 19.9 Å². The fraction of sp³-hybridized carbons (Fsp3) is 0.316. The number of nitrogens with two attached hydrogens (primary N) is 1. The molecule has 1 atom stereocenters. The van der Waals surface area contributed by atoms with Gasteiger partial charge in [0.1, 0.15) is 17.4 Å². The fourth-order valence-corrected chi connectivity index (χ4v) is 2.59. The highest BCUT2D eigenvalue weighted by Crippen LogP contribution is 2.12. The number of hydrogen-bond donors (Lipinski definition) is 4. The molecule has 5 N–H and O–H groups in total. The van der Waals surface area contributed by atoms with Gasteiger partial charge in [-0.05, 0) is 32.0 Å². The summed E-state index contributed by atoms with van der Waals surface area (Å²) in [6.07, 6.45) is 0. The first-order chi connectivity index (χ1) is 14.2. The molecule has 30 heavy (non-hydrogen) atoms. The van der Waals surface area contributed by atoms with E-state index in [1.807, 2.05) is 0 Å². The fourth-order valence-electron chi connectivity index (χ4n) is 2.59. The van der Waals surface area contributed by atoms with Crippen molar-refractivity contribution in [2.24, 2.45) is 0 Å². The Balaban J connectivity index is 1.90. The Bertz CT molecular complexity index is 935. The molecule has 1 heterocycles. The number of benzene rings is 1. The van der Waals surface area contributed by atoms with Crippen LogP contribution in [0.4, 0.5) is 5.69 Å². The van der Waals surface area contributed by atoms with Gasteiger partial charge in [-0.25, -0.2) is 4.79 Å². The summed E-state index contributed by atoms with van der Waals surface area (Å²) in [6, 6.07) is 5.14. The molecule has 0 aliphatic carbocycles. The van der Waals surface area contributed by atoms with Crippen LogP contribution in [0, 0.1) is 13.8 Å². The molecule has 1 aromatic heterocycles. The van der Waals surface area contributed by atoms with Crippen molar-refractivity contribution in [2.75, 3.05) is 25.9 Å². The van der Waals surface area contributed by atoms with Gasteiger partial charge in [0.2, 0.25) is 5.91 Å². The van der Waals surface area contributed by atoms with Crippen LogP contribution in [0.3, 0.4) is 0 Å². The first-order valence-electron chi connectivity index (χ1n) is 8.95. The number of nitrogen functional groups attached to an aromatic ring is 1. The maximum Gasteiger partial charge on any atom is 0.330 e. The Morgan fingerprint density at radius 1 is 1.17 bits per heavy atom. The number of anilines is 1. The zero-order chi connectivity index (χ0) is 22.3. The first-order valence-corrected chi connectivity index (χ1v) is 8.95. The van der Waals surface area contributed by atoms with Crippen molar-refractivity contribution < 1.29 is 28.4 Å². The second kappa shape index (κ2) is 10.0. The van der Waals surface area contributed by atoms with Gasteiger partial charge in [0.25, 0.3) is 11.8 Å². The van der Waals surface area contributed by atoms with Crippen LogP contribution in [0.2, 0.25) is 0 Å². The summed E-state index contributed by atoms with van der Waals surface area (Å²) in [5, 5.41) is 11.1. The predicted octanol–water partition coefficient (Wildman–Crippen LogP) is -0.309. The predicted molar refractivity (Wildman–Crippen MR) is 105 cm³/mol. The Morgan fingerprint density at radius 3 is 2.50 bits per heavy atom. The van der Waals surface area contributed by atoms with E-state index in [1.54, 1.807) is 32.0 Å². The zero-order valence-corrected chi connectivity index (χ0v) is 16.8. The third kappa shape index (κ3) is 5.80. The number of rotatable bonds is 8. The number of aryl methyl sites for hydroxylation is 2. The molecule has 0 aliphatic heterocycles. The SMILES string of the molecule is COC(=O)C(CNC(=O)CNC(=O)c1cccc(N)c1)NC(=O)c1c(C)noc1C. The maximum atomic E-state index is 12.4. The van der Waals surface area contributed by atoms with Crippen LogP contribution in [-0.2, 0) is 14.3 Å². The van der Waals surface area contributed by atoms with Gasteiger partial charge in [0.15, 0.2) is 0 Å². The highest BCUT2D eigenvalue weighted by atomic mass is 16.5. The summed E-state index contributed by atoms with van der Waals surface area (Å²) in [6.45, 7) is 2.57. The maximum absolute atomic E-state index is 12.4. The summed E-state index contributed by atoms with van der Waals surface area (Å²) in [5.41, 5.74) is 6.91. The van der Waals surface area contributed by atoms with E-state index in [1.165, 1.54) is 6.07 Å². The van der Waals surface area contributed by atoms with Crippen LogP contribution in [0.15, 0.2) is 28.8 Å². The molecule has 11 heteroatoms. The molecule has 0 spiro atoms. The van der Waals surface area contributed by atoms with Crippen LogP contribution >= 0.6 is 0 Å². The van der Waals surface area contributed by atoms with Crippen LogP contribution in [0.25, 0.3) is 0 Å². The van der Waals surface area contributed by atoms with Crippen LogP contribution in [0.5, 0.6) is 0 Å². The number of nitrogens with zero attached hydrogens (tertiary/aromatic N) is 1. The Morgan fingerprint density at radius 2 is 1.90 bits per heavy atom. The Kier molecular flexibility index (Phi) is 7.50. The van der Waals surface area contributed by atoms with Gasteiger partial charge < -0.3 is 30.9 Å². The monoisotopic (exact) mass is 417 g/mol. The zero-order valence-electron chi connectivity index (χ0n) is 16.8. The number of ether oxygens (including phenoxy) is 1. The molecule has 160 valence electrons. The lowest BCUT2D eigenvalue weighted by molar-refractivity contribution is -0.142. The molecule has 0 radical (unpaired) electrons. The minimum Gasteiger partial charge on any atom is -0.467 e. The van der Waals surface area contributed by atoms with E-state index in [9.17, 15) is 19.2 Å². The molecule has 0 aliphatic rings. The first kappa shape index (κ1) is 22.4. The van der Waals surface area contributed by atoms with Crippen molar-refractivity contribution in [3.05, 3.63) is 46.8 Å². The van der Waals surface area contributed by atoms with Crippen molar-refractivity contribution in [1.82, 2.24) is 21.1 Å². The third-order valence-electron chi connectivity index (χ3n) is 4.11. The summed E-state index contributed by atoms with van der Waals surface area (Å²) in [5.74, 6) is -2.09. The van der Waals surface area contributed by atoms with Crippen LogP contribution in [0.1, 0.15) is 32.2 Å². The second-order valence-corrected chi connectivity index (χ2v) is 6.36. The van der Waals surface area contributed by atoms with E-state index in [4.69, 9.17) is 10.3 Å². The van der Waals surface area contributed by atoms with Gasteiger partial charge in [-0.1, -0.05) is 11.2 Å². The Labute approximate surface area is 172 Å². The molecule has 0 bridgehead atoms. The van der Waals surface area contributed by atoms with Gasteiger partial charge in [0, 0.05) is 17.8 Å². The topological polar surface area (TPSA) is 166 Å². The average Bonchev–Trinajstić information content (AvgIpc) is 3.06. The highest BCUT2D eigenvalue weighted by Gasteiger charge is 2.26. The van der Waals surface area contributed by atoms with Gasteiger partial charge in [-0.15, -0.1) is 0 Å². The number of methoxy groups -OCH3 is 1. The molecule has 0 saturated heterocycles. The van der Waals surface area contributed by atoms with Gasteiger partial charge in [0.05, 0.1) is 19.3 Å². The summed E-state index contributed by atoms with van der Waals surface area (Å²) in [4.78, 5) is 48.5. The lowest BCUT2D eigenvalue weighted by Crippen LogP contribution is -2.50. The molecular weight excluding hydrogens is 394 g/mol. The molecule has 0 saturated carbocycles. The van der Waals surface area contributed by atoms with Gasteiger partial charge in [-0.3, -0.25) is 14.4 Å². The van der Waals surface area contributed by atoms with E-state index >= 15 is 0 Å². The summed E-state index contributed by atoms with van der Waals surface area (Å²) >= 11 is 0. The molecule has 3 amide bonds. The molecule has 2 aromatic rings. The lowest BCUT2D eigenvalue weighted by atomic mass is 10.1. The Hall–Kier alpha value is -3.89. The normalized spacial score (nSPS) is 11.3. The molecule has 11 nitrogen and oxygen atoms in total. The number of esters is 1. The average molecular weight is 417 g/mol. The molecule has 1 aromatic carbocycles. The van der Waals surface area contributed by atoms with E-state index < -0.39 is 29.7 Å². The minimum absolute atomic E-state index is 0.199. The van der Waals surface area contributed by atoms with Gasteiger partial charge >= 0.3 is 5.97 Å². The number of carbonyl (C=O) groups is 4. The van der Waals surface area contributed by atoms with Crippen LogP contribution in [-0.4, -0.2) is 55.1 Å². The van der Waals surface area contributed by atoms with E-state index in [0.717, 1.165) is 7.11 Å². The van der Waals surface area contributed by atoms with Crippen molar-refractivity contribution in [3.63, 3.8) is 0 Å². The van der Waals surface area contributed by atoms with Crippen molar-refractivity contribution >= 4 is 29.4 Å².